The molecule has 1 aliphatic rings. The molecule has 2 aromatic rings. The van der Waals surface area contributed by atoms with Gasteiger partial charge >= 0.3 is 0 Å². The number of sulfonamides is 1. The van der Waals surface area contributed by atoms with E-state index in [4.69, 9.17) is 11.6 Å². The maximum atomic E-state index is 12.9. The van der Waals surface area contributed by atoms with Crippen molar-refractivity contribution >= 4 is 21.6 Å². The van der Waals surface area contributed by atoms with Crippen molar-refractivity contribution in [2.24, 2.45) is 13.0 Å². The first-order chi connectivity index (χ1) is 11.3. The van der Waals surface area contributed by atoms with E-state index in [9.17, 15) is 13.5 Å². The maximum absolute atomic E-state index is 12.9. The first-order valence-electron chi connectivity index (χ1n) is 7.72. The van der Waals surface area contributed by atoms with Gasteiger partial charge in [0.15, 0.2) is 0 Å². The van der Waals surface area contributed by atoms with Gasteiger partial charge in [0.25, 0.3) is 0 Å². The van der Waals surface area contributed by atoms with E-state index in [1.54, 1.807) is 49.2 Å². The van der Waals surface area contributed by atoms with Gasteiger partial charge in [0, 0.05) is 23.8 Å². The lowest BCUT2D eigenvalue weighted by molar-refractivity contribution is 0.0280. The van der Waals surface area contributed by atoms with Gasteiger partial charge in [0.2, 0.25) is 10.0 Å². The number of rotatable bonds is 5. The van der Waals surface area contributed by atoms with Crippen LogP contribution in [-0.2, 0) is 17.1 Å². The van der Waals surface area contributed by atoms with Crippen molar-refractivity contribution in [2.75, 3.05) is 0 Å². The quantitative estimate of drug-likeness (QED) is 0.846. The van der Waals surface area contributed by atoms with Gasteiger partial charge < -0.3 is 5.11 Å². The summed E-state index contributed by atoms with van der Waals surface area (Å²) in [6.45, 7) is 1.68. The van der Waals surface area contributed by atoms with Crippen LogP contribution < -0.4 is 4.72 Å². The molecule has 1 aromatic heterocycles. The summed E-state index contributed by atoms with van der Waals surface area (Å²) in [5.74, 6) is 0.0402. The van der Waals surface area contributed by atoms with Crippen molar-refractivity contribution in [3.8, 4) is 0 Å². The highest BCUT2D eigenvalue weighted by Crippen LogP contribution is 2.39. The Hall–Kier alpha value is -1.41. The molecule has 1 atom stereocenters. The molecule has 1 aromatic carbocycles. The van der Waals surface area contributed by atoms with Crippen LogP contribution in [0, 0.1) is 12.8 Å². The minimum Gasteiger partial charge on any atom is -0.393 e. The Morgan fingerprint density at radius 1 is 1.42 bits per heavy atom. The minimum atomic E-state index is -3.74. The number of aliphatic hydroxyl groups is 1. The van der Waals surface area contributed by atoms with Gasteiger partial charge in [0.1, 0.15) is 0 Å². The smallest absolute Gasteiger partial charge is 0.241 e. The number of nitrogens with zero attached hydrogens (tertiary/aromatic N) is 2. The monoisotopic (exact) mass is 369 g/mol. The highest BCUT2D eigenvalue weighted by Gasteiger charge is 2.38. The fraction of sp³-hybridized carbons (Fsp3) is 0.438. The number of nitrogens with one attached hydrogen (secondary N) is 1. The molecule has 0 aliphatic heterocycles. The predicted molar refractivity (Wildman–Crippen MR) is 91.2 cm³/mol. The highest BCUT2D eigenvalue weighted by atomic mass is 35.5. The molecule has 3 rings (SSSR count). The molecule has 1 heterocycles. The summed E-state index contributed by atoms with van der Waals surface area (Å²) in [7, 11) is -1.96. The minimum absolute atomic E-state index is 0.0402. The molecular formula is C16H20ClN3O3S. The molecule has 0 saturated heterocycles. The van der Waals surface area contributed by atoms with Crippen LogP contribution in [0.15, 0.2) is 35.5 Å². The van der Waals surface area contributed by atoms with E-state index in [1.165, 1.54) is 0 Å². The first-order valence-corrected chi connectivity index (χ1v) is 9.58. The molecule has 0 amide bonds. The average molecular weight is 370 g/mol. The Kier molecular flexibility index (Phi) is 4.70. The molecule has 1 aliphatic carbocycles. The first kappa shape index (κ1) is 17.4. The molecule has 8 heteroatoms. The largest absolute Gasteiger partial charge is 0.393 e. The van der Waals surface area contributed by atoms with Crippen molar-refractivity contribution in [3.05, 3.63) is 46.7 Å². The Morgan fingerprint density at radius 2 is 2.12 bits per heavy atom. The standard InChI is InChI=1S/C16H20ClN3O3S/c1-10-14(17)4-3-5-15(10)24(22,23)19-16(11-6-13(21)7-11)12-8-18-20(2)9-12/h3-5,8-9,11,13,16,19,21H,6-7H2,1-2H3. The lowest BCUT2D eigenvalue weighted by atomic mass is 9.76. The Balaban J connectivity index is 1.93. The van der Waals surface area contributed by atoms with E-state index in [0.29, 0.717) is 23.4 Å². The average Bonchev–Trinajstić information content (AvgIpc) is 2.91. The van der Waals surface area contributed by atoms with Gasteiger partial charge in [-0.05, 0) is 43.4 Å². The summed E-state index contributed by atoms with van der Waals surface area (Å²) in [6, 6.07) is 4.40. The van der Waals surface area contributed by atoms with E-state index in [-0.39, 0.29) is 16.9 Å². The third-order valence-corrected chi connectivity index (χ3v) is 6.49. The molecule has 0 spiro atoms. The van der Waals surface area contributed by atoms with Gasteiger partial charge in [-0.15, -0.1) is 0 Å². The lowest BCUT2D eigenvalue weighted by Crippen LogP contribution is -2.41. The van der Waals surface area contributed by atoms with Crippen molar-refractivity contribution in [1.82, 2.24) is 14.5 Å². The number of benzene rings is 1. The van der Waals surface area contributed by atoms with Crippen LogP contribution in [0.4, 0.5) is 0 Å². The van der Waals surface area contributed by atoms with Crippen molar-refractivity contribution < 1.29 is 13.5 Å². The topological polar surface area (TPSA) is 84.2 Å². The maximum Gasteiger partial charge on any atom is 0.241 e. The zero-order valence-electron chi connectivity index (χ0n) is 13.5. The molecular weight excluding hydrogens is 350 g/mol. The molecule has 6 nitrogen and oxygen atoms in total. The van der Waals surface area contributed by atoms with Gasteiger partial charge in [0.05, 0.1) is 23.2 Å². The molecule has 1 fully saturated rings. The van der Waals surface area contributed by atoms with Crippen LogP contribution in [0.2, 0.25) is 5.02 Å². The molecule has 2 N–H and O–H groups in total. The number of hydrogen-bond acceptors (Lipinski definition) is 4. The van der Waals surface area contributed by atoms with Gasteiger partial charge in [-0.1, -0.05) is 17.7 Å². The van der Waals surface area contributed by atoms with Crippen LogP contribution in [0.5, 0.6) is 0 Å². The van der Waals surface area contributed by atoms with E-state index in [2.05, 4.69) is 9.82 Å². The number of hydrogen-bond donors (Lipinski definition) is 2. The number of aromatic nitrogens is 2. The number of aliphatic hydroxyl groups excluding tert-OH is 1. The second-order valence-corrected chi connectivity index (χ2v) is 8.38. The fourth-order valence-electron chi connectivity index (χ4n) is 3.05. The Labute approximate surface area is 146 Å². The molecule has 130 valence electrons. The Bertz CT molecular complexity index is 844. The molecule has 0 bridgehead atoms. The fourth-order valence-corrected chi connectivity index (χ4v) is 4.84. The van der Waals surface area contributed by atoms with E-state index >= 15 is 0 Å². The zero-order valence-corrected chi connectivity index (χ0v) is 15.0. The second-order valence-electron chi connectivity index (χ2n) is 6.29. The summed E-state index contributed by atoms with van der Waals surface area (Å²) in [5.41, 5.74) is 1.31. The summed E-state index contributed by atoms with van der Waals surface area (Å²) in [5, 5.41) is 14.1. The third kappa shape index (κ3) is 3.35. The van der Waals surface area contributed by atoms with E-state index in [0.717, 1.165) is 5.56 Å². The number of halogens is 1. The second kappa shape index (κ2) is 6.48. The van der Waals surface area contributed by atoms with E-state index in [1.807, 2.05) is 0 Å². The van der Waals surface area contributed by atoms with Gasteiger partial charge in [-0.2, -0.15) is 5.10 Å². The van der Waals surface area contributed by atoms with Gasteiger partial charge in [-0.3, -0.25) is 4.68 Å². The third-order valence-electron chi connectivity index (χ3n) is 4.49. The molecule has 1 unspecified atom stereocenters. The van der Waals surface area contributed by atoms with Crippen molar-refractivity contribution in [1.29, 1.82) is 0 Å². The van der Waals surface area contributed by atoms with E-state index < -0.39 is 16.1 Å². The summed E-state index contributed by atoms with van der Waals surface area (Å²) >= 11 is 6.06. The normalized spacial score (nSPS) is 22.2. The van der Waals surface area contributed by atoms with Crippen LogP contribution in [-0.4, -0.2) is 29.4 Å². The molecule has 0 radical (unpaired) electrons. The predicted octanol–water partition coefficient (Wildman–Crippen LogP) is 2.17. The van der Waals surface area contributed by atoms with Crippen molar-refractivity contribution in [2.45, 2.75) is 36.8 Å². The van der Waals surface area contributed by atoms with Crippen LogP contribution >= 0.6 is 11.6 Å². The van der Waals surface area contributed by atoms with Crippen LogP contribution in [0.25, 0.3) is 0 Å². The number of aryl methyl sites for hydroxylation is 1. The summed E-state index contributed by atoms with van der Waals surface area (Å²) < 4.78 is 30.1. The molecule has 24 heavy (non-hydrogen) atoms. The van der Waals surface area contributed by atoms with Gasteiger partial charge in [-0.25, -0.2) is 13.1 Å². The van der Waals surface area contributed by atoms with Crippen LogP contribution in [0.3, 0.4) is 0 Å². The Morgan fingerprint density at radius 3 is 2.71 bits per heavy atom. The highest BCUT2D eigenvalue weighted by molar-refractivity contribution is 7.89. The van der Waals surface area contributed by atoms with Crippen LogP contribution in [0.1, 0.15) is 30.0 Å². The lowest BCUT2D eigenvalue weighted by Gasteiger charge is -2.37. The molecule has 1 saturated carbocycles. The zero-order chi connectivity index (χ0) is 17.5. The van der Waals surface area contributed by atoms with Crippen molar-refractivity contribution in [3.63, 3.8) is 0 Å². The summed E-state index contributed by atoms with van der Waals surface area (Å²) in [4.78, 5) is 0.170. The SMILES string of the molecule is Cc1c(Cl)cccc1S(=O)(=O)NC(c1cnn(C)c1)C1CC(O)C1. The summed E-state index contributed by atoms with van der Waals surface area (Å²) in [6.07, 6.45) is 4.21.